The van der Waals surface area contributed by atoms with Crippen molar-refractivity contribution in [3.8, 4) is 55.6 Å². The molecule has 256 valence electrons. The predicted octanol–water partition coefficient (Wildman–Crippen LogP) is 14.8. The Kier molecular flexibility index (Phi) is 6.46. The molecule has 0 saturated carbocycles. The van der Waals surface area contributed by atoms with E-state index < -0.39 is 0 Å². The van der Waals surface area contributed by atoms with Gasteiger partial charge in [-0.2, -0.15) is 0 Å². The Morgan fingerprint density at radius 1 is 0.296 bits per heavy atom. The van der Waals surface area contributed by atoms with Crippen molar-refractivity contribution in [1.29, 1.82) is 0 Å². The van der Waals surface area contributed by atoms with Gasteiger partial charge >= 0.3 is 0 Å². The highest BCUT2D eigenvalue weighted by Crippen LogP contribution is 2.61. The van der Waals surface area contributed by atoms with Gasteiger partial charge < -0.3 is 0 Å². The van der Waals surface area contributed by atoms with Crippen molar-refractivity contribution in [2.75, 3.05) is 0 Å². The van der Waals surface area contributed by atoms with Gasteiger partial charge in [0.05, 0.1) is 0 Å². The van der Waals surface area contributed by atoms with Crippen LogP contribution in [0.2, 0.25) is 0 Å². The van der Waals surface area contributed by atoms with E-state index in [1.165, 1.54) is 110 Å². The number of hydrogen-bond acceptors (Lipinski definition) is 0. The van der Waals surface area contributed by atoms with E-state index >= 15 is 0 Å². The molecule has 0 fully saturated rings. The molecule has 2 aliphatic rings. The highest BCUT2D eigenvalue weighted by molar-refractivity contribution is 6.24. The fourth-order valence-electron chi connectivity index (χ4n) is 10.5. The zero-order valence-electron chi connectivity index (χ0n) is 31.2. The Morgan fingerprint density at radius 3 is 1.43 bits per heavy atom. The lowest BCUT2D eigenvalue weighted by molar-refractivity contribution is 0.648. The second kappa shape index (κ2) is 11.1. The third-order valence-corrected chi connectivity index (χ3v) is 12.8. The van der Waals surface area contributed by atoms with Crippen molar-refractivity contribution in [2.24, 2.45) is 0 Å². The monoisotopic (exact) mass is 688 g/mol. The smallest absolute Gasteiger partial charge is 0.0165 e. The number of rotatable bonds is 3. The van der Waals surface area contributed by atoms with Gasteiger partial charge in [0.15, 0.2) is 0 Å². The maximum Gasteiger partial charge on any atom is 0.0165 e. The van der Waals surface area contributed by atoms with Crippen molar-refractivity contribution in [3.05, 3.63) is 192 Å². The second-order valence-corrected chi connectivity index (χ2v) is 16.4. The lowest BCUT2D eigenvalue weighted by Crippen LogP contribution is -2.19. The fraction of sp³-hybridized carbons (Fsp3) is 0.111. The third-order valence-electron chi connectivity index (χ3n) is 12.8. The van der Waals surface area contributed by atoms with Gasteiger partial charge in [0.1, 0.15) is 0 Å². The van der Waals surface area contributed by atoms with Crippen LogP contribution in [0.15, 0.2) is 170 Å². The van der Waals surface area contributed by atoms with E-state index in [1.807, 2.05) is 0 Å². The molecule has 0 heteroatoms. The zero-order valence-corrected chi connectivity index (χ0v) is 31.2. The summed E-state index contributed by atoms with van der Waals surface area (Å²) in [6.45, 7) is 9.73. The molecular formula is C54H40. The first kappa shape index (κ1) is 31.3. The summed E-state index contributed by atoms with van der Waals surface area (Å²) < 4.78 is 0. The van der Waals surface area contributed by atoms with E-state index in [0.717, 1.165) is 0 Å². The average Bonchev–Trinajstić information content (AvgIpc) is 3.59. The minimum Gasteiger partial charge on any atom is -0.0622 e. The normalized spacial score (nSPS) is 14.6. The molecular weight excluding hydrogens is 649 g/mol. The van der Waals surface area contributed by atoms with Gasteiger partial charge in [-0.05, 0) is 128 Å². The van der Waals surface area contributed by atoms with E-state index in [2.05, 4.69) is 198 Å². The number of hydrogen-bond donors (Lipinski definition) is 0. The van der Waals surface area contributed by atoms with Gasteiger partial charge in [0, 0.05) is 10.8 Å². The van der Waals surface area contributed by atoms with Gasteiger partial charge in [-0.25, -0.2) is 0 Å². The summed E-state index contributed by atoms with van der Waals surface area (Å²) >= 11 is 0. The first-order valence-electron chi connectivity index (χ1n) is 19.3. The topological polar surface area (TPSA) is 0 Å². The molecule has 0 radical (unpaired) electrons. The molecule has 0 spiro atoms. The molecule has 0 heterocycles. The van der Waals surface area contributed by atoms with Crippen molar-refractivity contribution in [2.45, 2.75) is 38.5 Å². The molecule has 0 unspecified atom stereocenters. The largest absolute Gasteiger partial charge is 0.0622 e. The van der Waals surface area contributed by atoms with Crippen LogP contribution in [0.4, 0.5) is 0 Å². The van der Waals surface area contributed by atoms with Gasteiger partial charge in [-0.3, -0.25) is 0 Å². The van der Waals surface area contributed by atoms with Crippen molar-refractivity contribution in [1.82, 2.24) is 0 Å². The van der Waals surface area contributed by atoms with Gasteiger partial charge in [-0.1, -0.05) is 179 Å². The van der Waals surface area contributed by atoms with E-state index in [0.29, 0.717) is 0 Å². The fourth-order valence-corrected chi connectivity index (χ4v) is 10.5. The summed E-state index contributed by atoms with van der Waals surface area (Å²) in [4.78, 5) is 0. The molecule has 9 aromatic carbocycles. The Balaban J connectivity index is 1.28. The number of benzene rings is 9. The maximum absolute atomic E-state index is 2.55. The first-order chi connectivity index (χ1) is 26.3. The summed E-state index contributed by atoms with van der Waals surface area (Å²) in [5.74, 6) is 0. The third kappa shape index (κ3) is 4.14. The minimum absolute atomic E-state index is 0.116. The van der Waals surface area contributed by atoms with Crippen LogP contribution in [0.1, 0.15) is 49.9 Å². The average molecular weight is 689 g/mol. The Morgan fingerprint density at radius 2 is 0.778 bits per heavy atom. The van der Waals surface area contributed by atoms with Gasteiger partial charge in [-0.15, -0.1) is 0 Å². The molecule has 2 aliphatic carbocycles. The van der Waals surface area contributed by atoms with E-state index in [4.69, 9.17) is 0 Å². The highest BCUT2D eigenvalue weighted by Gasteiger charge is 2.46. The van der Waals surface area contributed by atoms with Gasteiger partial charge in [0.2, 0.25) is 0 Å². The molecule has 0 atom stereocenters. The van der Waals surface area contributed by atoms with Crippen LogP contribution in [0, 0.1) is 0 Å². The molecule has 0 N–H and O–H groups in total. The van der Waals surface area contributed by atoms with Crippen molar-refractivity contribution < 1.29 is 0 Å². The van der Waals surface area contributed by atoms with Crippen molar-refractivity contribution in [3.63, 3.8) is 0 Å². The lowest BCUT2D eigenvalue weighted by Gasteiger charge is -2.29. The maximum atomic E-state index is 2.55. The summed E-state index contributed by atoms with van der Waals surface area (Å²) in [6.07, 6.45) is 0. The zero-order chi connectivity index (χ0) is 36.3. The summed E-state index contributed by atoms with van der Waals surface area (Å²) in [6, 6.07) is 63.8. The van der Waals surface area contributed by atoms with Crippen LogP contribution in [0.3, 0.4) is 0 Å². The molecule has 0 aliphatic heterocycles. The Labute approximate surface area is 317 Å². The molecule has 11 rings (SSSR count). The molecule has 0 amide bonds. The van der Waals surface area contributed by atoms with E-state index in [9.17, 15) is 0 Å². The second-order valence-electron chi connectivity index (χ2n) is 16.4. The molecule has 0 aromatic heterocycles. The van der Waals surface area contributed by atoms with Crippen LogP contribution in [0.25, 0.3) is 88.0 Å². The van der Waals surface area contributed by atoms with Crippen LogP contribution in [-0.2, 0) is 10.8 Å². The minimum atomic E-state index is -0.177. The SMILES string of the molecule is CC1(C)c2ccccc2-c2c1c(-c1cc(-c3c4ccccc4c(-c4ccccc4)c4ccccc34)c3ccccc3c1)cc1c2C(C)(C)c2ccccc2-1. The lowest BCUT2D eigenvalue weighted by atomic mass is 9.74. The van der Waals surface area contributed by atoms with Crippen LogP contribution >= 0.6 is 0 Å². The molecule has 0 saturated heterocycles. The summed E-state index contributed by atoms with van der Waals surface area (Å²) in [5, 5.41) is 7.64. The van der Waals surface area contributed by atoms with E-state index in [1.54, 1.807) is 0 Å². The molecule has 54 heavy (non-hydrogen) atoms. The Hall–Kier alpha value is -6.24. The van der Waals surface area contributed by atoms with Gasteiger partial charge in [0.25, 0.3) is 0 Å². The van der Waals surface area contributed by atoms with Crippen LogP contribution < -0.4 is 0 Å². The molecule has 0 bridgehead atoms. The van der Waals surface area contributed by atoms with Crippen molar-refractivity contribution >= 4 is 32.3 Å². The summed E-state index contributed by atoms with van der Waals surface area (Å²) in [5.41, 5.74) is 18.7. The highest BCUT2D eigenvalue weighted by atomic mass is 14.5. The quantitative estimate of drug-likeness (QED) is 0.162. The predicted molar refractivity (Wildman–Crippen MR) is 230 cm³/mol. The van der Waals surface area contributed by atoms with E-state index in [-0.39, 0.29) is 10.8 Å². The van der Waals surface area contributed by atoms with Crippen LogP contribution in [0.5, 0.6) is 0 Å². The molecule has 0 nitrogen and oxygen atoms in total. The Bertz CT molecular complexity index is 2970. The summed E-state index contributed by atoms with van der Waals surface area (Å²) in [7, 11) is 0. The van der Waals surface area contributed by atoms with Crippen LogP contribution in [-0.4, -0.2) is 0 Å². The number of fused-ring (bicyclic) bond motifs is 10. The first-order valence-corrected chi connectivity index (χ1v) is 19.3. The standard InChI is InChI=1S/C54H40/c1-53(2)46-28-16-14-22-37(46)45-32-43(51-50(52(45)53)42-27-15-17-29-47(42)54(51,3)4)35-30-34-20-8-9-21-36(34)44(31-35)49-40-25-12-10-23-38(40)48(33-18-6-5-7-19-33)39-24-11-13-26-41(39)49/h5-32H,1-4H3. The molecule has 9 aromatic rings.